The highest BCUT2D eigenvalue weighted by atomic mass is 32.1. The van der Waals surface area contributed by atoms with Gasteiger partial charge in [0.15, 0.2) is 0 Å². The van der Waals surface area contributed by atoms with Crippen molar-refractivity contribution in [3.63, 3.8) is 0 Å². The molecule has 0 saturated heterocycles. The van der Waals surface area contributed by atoms with Crippen LogP contribution in [0.15, 0.2) is 134 Å². The summed E-state index contributed by atoms with van der Waals surface area (Å²) in [7, 11) is 0. The van der Waals surface area contributed by atoms with Crippen LogP contribution in [0.4, 0.5) is 0 Å². The van der Waals surface area contributed by atoms with Gasteiger partial charge in [0.2, 0.25) is 0 Å². The minimum atomic E-state index is 0.904. The van der Waals surface area contributed by atoms with E-state index in [2.05, 4.69) is 136 Å². The fourth-order valence-corrected chi connectivity index (χ4v) is 9.97. The Balaban J connectivity index is 1.28. The fraction of sp³-hybridized carbons (Fsp3) is 0.0769. The number of rotatable bonds is 7. The minimum absolute atomic E-state index is 0.904. The first-order valence-electron chi connectivity index (χ1n) is 18.7. The van der Waals surface area contributed by atoms with E-state index in [0.29, 0.717) is 0 Å². The molecule has 0 radical (unpaired) electrons. The van der Waals surface area contributed by atoms with E-state index in [-0.39, 0.29) is 0 Å². The van der Waals surface area contributed by atoms with Gasteiger partial charge in [0.25, 0.3) is 0 Å². The predicted octanol–water partition coefficient (Wildman–Crippen LogP) is 13.8. The first-order chi connectivity index (χ1) is 26.6. The number of hydrogen-bond donors (Lipinski definition) is 0. The number of thiophene rings is 1. The standard InChI is InChI=1S/C52H40OS/c1-5-33-18-16-27-40(37(33)6-2)49-39(8-4)38(7-3)48(41-22-9-10-23-42(41)49)36-20-15-19-35(32-36)34-21-17-31-53-51-44-25-12-11-24-43(44)50-45-26-13-14-28-47(45)54-52(50)46(51)30-29-34/h5-8,11-12,14-25,27-32H,1-4,9-10,13,26H2. The van der Waals surface area contributed by atoms with Crippen LogP contribution in [0.1, 0.15) is 52.0 Å². The van der Waals surface area contributed by atoms with Gasteiger partial charge in [-0.3, -0.25) is 0 Å². The topological polar surface area (TPSA) is 13.1 Å². The molecular formula is C52H40OS. The molecule has 2 aliphatic rings. The molecule has 0 unspecified atom stereocenters. The van der Waals surface area contributed by atoms with E-state index < -0.39 is 0 Å². The molecule has 0 saturated carbocycles. The Hall–Kier alpha value is -6.22. The normalized spacial score (nSPS) is 13.0. The zero-order valence-electron chi connectivity index (χ0n) is 30.3. The monoisotopic (exact) mass is 712 g/mol. The summed E-state index contributed by atoms with van der Waals surface area (Å²) in [6.45, 7) is 17.0. The van der Waals surface area contributed by atoms with Gasteiger partial charge in [0.1, 0.15) is 5.58 Å². The third-order valence-electron chi connectivity index (χ3n) is 11.0. The van der Waals surface area contributed by atoms with Crippen molar-refractivity contribution in [2.24, 2.45) is 0 Å². The summed E-state index contributed by atoms with van der Waals surface area (Å²) in [6.07, 6.45) is 23.1. The van der Waals surface area contributed by atoms with Crippen molar-refractivity contribution in [2.45, 2.75) is 25.7 Å². The molecule has 7 aromatic rings. The van der Waals surface area contributed by atoms with E-state index in [9.17, 15) is 0 Å². The summed E-state index contributed by atoms with van der Waals surface area (Å²) in [5, 5.41) is 7.36. The van der Waals surface area contributed by atoms with Crippen LogP contribution in [-0.2, 0) is 6.42 Å². The second-order valence-corrected chi connectivity index (χ2v) is 14.9. The predicted molar refractivity (Wildman–Crippen MR) is 238 cm³/mol. The number of allylic oxidation sites excluding steroid dienone is 1. The molecule has 2 aliphatic carbocycles. The van der Waals surface area contributed by atoms with Gasteiger partial charge in [-0.1, -0.05) is 142 Å². The van der Waals surface area contributed by atoms with Gasteiger partial charge in [-0.05, 0) is 127 Å². The lowest BCUT2D eigenvalue weighted by Gasteiger charge is -2.22. The first kappa shape index (κ1) is 33.6. The molecule has 9 rings (SSSR count). The lowest BCUT2D eigenvalue weighted by molar-refractivity contribution is 0.610. The van der Waals surface area contributed by atoms with Crippen LogP contribution < -0.4 is 10.4 Å². The van der Waals surface area contributed by atoms with Crippen molar-refractivity contribution in [2.75, 3.05) is 0 Å². The van der Waals surface area contributed by atoms with E-state index >= 15 is 0 Å². The molecule has 0 fully saturated rings. The molecule has 1 nitrogen and oxygen atoms in total. The van der Waals surface area contributed by atoms with Crippen molar-refractivity contribution in [3.05, 3.63) is 173 Å². The largest absolute Gasteiger partial charge is 0.464 e. The van der Waals surface area contributed by atoms with E-state index in [1.54, 1.807) is 0 Å². The Morgan fingerprint density at radius 3 is 2.11 bits per heavy atom. The number of fused-ring (bicyclic) bond motifs is 9. The third-order valence-corrected chi connectivity index (χ3v) is 12.2. The van der Waals surface area contributed by atoms with Crippen LogP contribution in [-0.4, -0.2) is 0 Å². The summed E-state index contributed by atoms with van der Waals surface area (Å²) in [5.41, 5.74) is 13.5. The van der Waals surface area contributed by atoms with Gasteiger partial charge in [0.05, 0.1) is 6.26 Å². The van der Waals surface area contributed by atoms with Crippen molar-refractivity contribution in [1.82, 2.24) is 0 Å². The molecule has 0 aliphatic heterocycles. The van der Waals surface area contributed by atoms with E-state index in [4.69, 9.17) is 4.42 Å². The third kappa shape index (κ3) is 5.37. The zero-order chi connectivity index (χ0) is 36.8. The Kier molecular flexibility index (Phi) is 8.69. The summed E-state index contributed by atoms with van der Waals surface area (Å²) in [6, 6.07) is 32.7. The van der Waals surface area contributed by atoms with Crippen molar-refractivity contribution in [3.8, 4) is 33.4 Å². The second-order valence-electron chi connectivity index (χ2n) is 13.9. The maximum absolute atomic E-state index is 6.51. The van der Waals surface area contributed by atoms with Crippen molar-refractivity contribution in [1.29, 1.82) is 0 Å². The molecule has 5 aromatic carbocycles. The average molecular weight is 713 g/mol. The van der Waals surface area contributed by atoms with Gasteiger partial charge in [-0.2, -0.15) is 0 Å². The molecule has 260 valence electrons. The SMILES string of the molecule is C=Cc1cccc(-c2c(C=C)c(C=C)c(-c3cccc(-c4cccoc5c6ccccc6c6c7c(sc6c5cc4)C=CCC7)c3)c3c2=CCCC=3)c1C=C. The first-order valence-corrected chi connectivity index (χ1v) is 19.5. The molecule has 0 atom stereocenters. The lowest BCUT2D eigenvalue weighted by atomic mass is 9.82. The Morgan fingerprint density at radius 1 is 0.593 bits per heavy atom. The Bertz CT molecular complexity index is 2960. The van der Waals surface area contributed by atoms with Crippen LogP contribution in [0, 0.1) is 0 Å². The summed E-state index contributed by atoms with van der Waals surface area (Å²) >= 11 is 1.88. The Labute approximate surface area is 320 Å². The van der Waals surface area contributed by atoms with Crippen LogP contribution in [0.2, 0.25) is 0 Å². The van der Waals surface area contributed by atoms with E-state index in [0.717, 1.165) is 86.5 Å². The van der Waals surface area contributed by atoms with Crippen molar-refractivity contribution >= 4 is 85.7 Å². The number of benzene rings is 5. The van der Waals surface area contributed by atoms with Crippen LogP contribution in [0.3, 0.4) is 0 Å². The molecular weight excluding hydrogens is 673 g/mol. The second kappa shape index (κ2) is 14.0. The van der Waals surface area contributed by atoms with Gasteiger partial charge in [0, 0.05) is 25.7 Å². The molecule has 0 amide bonds. The quantitative estimate of drug-likeness (QED) is 0.160. The number of aryl methyl sites for hydroxylation is 1. The maximum Gasteiger partial charge on any atom is 0.143 e. The highest BCUT2D eigenvalue weighted by Gasteiger charge is 2.21. The molecule has 0 spiro atoms. The summed E-state index contributed by atoms with van der Waals surface area (Å²) < 4.78 is 7.79. The maximum atomic E-state index is 6.51. The zero-order valence-corrected chi connectivity index (χ0v) is 31.1. The molecule has 2 heteroatoms. The molecule has 0 N–H and O–H groups in total. The van der Waals surface area contributed by atoms with Gasteiger partial charge >= 0.3 is 0 Å². The highest BCUT2D eigenvalue weighted by Crippen LogP contribution is 2.44. The number of hydrogen-bond acceptors (Lipinski definition) is 2. The van der Waals surface area contributed by atoms with Gasteiger partial charge in [-0.25, -0.2) is 0 Å². The van der Waals surface area contributed by atoms with E-state index in [1.807, 2.05) is 48.0 Å². The highest BCUT2D eigenvalue weighted by molar-refractivity contribution is 7.21. The van der Waals surface area contributed by atoms with Crippen LogP contribution in [0.5, 0.6) is 0 Å². The minimum Gasteiger partial charge on any atom is -0.464 e. The molecule has 0 bridgehead atoms. The van der Waals surface area contributed by atoms with Crippen LogP contribution >= 0.6 is 11.3 Å². The van der Waals surface area contributed by atoms with Crippen LogP contribution in [0.25, 0.3) is 108 Å². The summed E-state index contributed by atoms with van der Waals surface area (Å²) in [5.74, 6) is 0. The molecule has 2 aromatic heterocycles. The average Bonchev–Trinajstić information content (AvgIpc) is 3.66. The van der Waals surface area contributed by atoms with Crippen molar-refractivity contribution < 1.29 is 4.42 Å². The Morgan fingerprint density at radius 2 is 1.31 bits per heavy atom. The molecule has 2 heterocycles. The van der Waals surface area contributed by atoms with Gasteiger partial charge in [-0.15, -0.1) is 11.3 Å². The van der Waals surface area contributed by atoms with E-state index in [1.165, 1.54) is 47.5 Å². The summed E-state index contributed by atoms with van der Waals surface area (Å²) in [4.78, 5) is 1.36. The lowest BCUT2D eigenvalue weighted by Crippen LogP contribution is -2.33. The molecule has 54 heavy (non-hydrogen) atoms. The fourth-order valence-electron chi connectivity index (χ4n) is 8.65. The van der Waals surface area contributed by atoms with Gasteiger partial charge < -0.3 is 4.42 Å². The smallest absolute Gasteiger partial charge is 0.143 e.